The van der Waals surface area contributed by atoms with E-state index in [1.54, 1.807) is 49.4 Å². The smallest absolute Gasteiger partial charge is 0.338 e. The van der Waals surface area contributed by atoms with Gasteiger partial charge in [0.25, 0.3) is 5.91 Å². The number of ether oxygens (including phenoxy) is 2. The minimum absolute atomic E-state index is 0.248. The van der Waals surface area contributed by atoms with Crippen molar-refractivity contribution in [3.63, 3.8) is 0 Å². The fraction of sp³-hybridized carbons (Fsp3) is 0.263. The monoisotopic (exact) mass is 327 g/mol. The summed E-state index contributed by atoms with van der Waals surface area (Å²) < 4.78 is 10.4. The molecular weight excluding hydrogens is 306 g/mol. The van der Waals surface area contributed by atoms with Crippen molar-refractivity contribution in [1.29, 1.82) is 0 Å². The Morgan fingerprint density at radius 2 is 1.79 bits per heavy atom. The Labute approximate surface area is 141 Å². The van der Waals surface area contributed by atoms with Crippen molar-refractivity contribution in [3.05, 3.63) is 59.2 Å². The molecule has 0 unspecified atom stereocenters. The molecule has 0 bridgehead atoms. The highest BCUT2D eigenvalue weighted by Crippen LogP contribution is 2.20. The fourth-order valence-electron chi connectivity index (χ4n) is 2.25. The fourth-order valence-corrected chi connectivity index (χ4v) is 2.25. The van der Waals surface area contributed by atoms with Crippen LogP contribution in [-0.2, 0) is 4.74 Å². The van der Waals surface area contributed by atoms with Crippen molar-refractivity contribution in [2.24, 2.45) is 0 Å². The number of nitrogens with one attached hydrogen (secondary N) is 1. The number of aryl methyl sites for hydroxylation is 1. The first kappa shape index (κ1) is 17.5. The Kier molecular flexibility index (Phi) is 5.95. The topological polar surface area (TPSA) is 64.6 Å². The lowest BCUT2D eigenvalue weighted by Crippen LogP contribution is -2.13. The minimum Gasteiger partial charge on any atom is -0.494 e. The molecule has 0 atom stereocenters. The van der Waals surface area contributed by atoms with Gasteiger partial charge in [0.1, 0.15) is 5.75 Å². The summed E-state index contributed by atoms with van der Waals surface area (Å²) in [4.78, 5) is 24.1. The van der Waals surface area contributed by atoms with Crippen molar-refractivity contribution >= 4 is 17.6 Å². The van der Waals surface area contributed by atoms with Gasteiger partial charge in [-0.2, -0.15) is 0 Å². The second-order valence-corrected chi connectivity index (χ2v) is 5.17. The zero-order chi connectivity index (χ0) is 17.5. The van der Waals surface area contributed by atoms with Gasteiger partial charge in [0.2, 0.25) is 0 Å². The van der Waals surface area contributed by atoms with E-state index in [4.69, 9.17) is 9.47 Å². The Bertz CT molecular complexity index is 740. The van der Waals surface area contributed by atoms with Crippen LogP contribution >= 0.6 is 0 Å². The van der Waals surface area contributed by atoms with E-state index in [1.165, 1.54) is 0 Å². The van der Waals surface area contributed by atoms with Crippen molar-refractivity contribution in [2.75, 3.05) is 18.5 Å². The third-order valence-electron chi connectivity index (χ3n) is 3.37. The minimum atomic E-state index is -0.412. The highest BCUT2D eigenvalue weighted by Gasteiger charge is 2.11. The number of hydrogen-bond donors (Lipinski definition) is 1. The number of amides is 1. The van der Waals surface area contributed by atoms with Crippen molar-refractivity contribution < 1.29 is 19.1 Å². The maximum Gasteiger partial charge on any atom is 0.338 e. The van der Waals surface area contributed by atoms with E-state index in [0.717, 1.165) is 11.3 Å². The number of carbonyl (C=O) groups is 2. The van der Waals surface area contributed by atoms with Gasteiger partial charge in [-0.15, -0.1) is 0 Å². The summed E-state index contributed by atoms with van der Waals surface area (Å²) in [7, 11) is 0. The highest BCUT2D eigenvalue weighted by atomic mass is 16.5. The third-order valence-corrected chi connectivity index (χ3v) is 3.37. The second-order valence-electron chi connectivity index (χ2n) is 5.17. The van der Waals surface area contributed by atoms with Crippen LogP contribution < -0.4 is 10.1 Å². The van der Waals surface area contributed by atoms with Gasteiger partial charge in [-0.3, -0.25) is 4.79 Å². The van der Waals surface area contributed by atoms with E-state index >= 15 is 0 Å². The number of carbonyl (C=O) groups excluding carboxylic acids is 2. The molecule has 0 aromatic heterocycles. The Morgan fingerprint density at radius 3 is 2.46 bits per heavy atom. The molecule has 126 valence electrons. The second kappa shape index (κ2) is 8.15. The maximum absolute atomic E-state index is 12.4. The summed E-state index contributed by atoms with van der Waals surface area (Å²) in [5.41, 5.74) is 2.36. The molecule has 0 saturated carbocycles. The largest absolute Gasteiger partial charge is 0.494 e. The van der Waals surface area contributed by atoms with Crippen LogP contribution in [0.15, 0.2) is 42.5 Å². The molecule has 0 aliphatic carbocycles. The number of benzene rings is 2. The van der Waals surface area contributed by atoms with E-state index in [-0.39, 0.29) is 5.91 Å². The molecule has 0 aliphatic rings. The molecule has 0 heterocycles. The van der Waals surface area contributed by atoms with E-state index in [2.05, 4.69) is 5.32 Å². The van der Waals surface area contributed by atoms with E-state index in [9.17, 15) is 9.59 Å². The van der Waals surface area contributed by atoms with Crippen LogP contribution in [0.1, 0.15) is 40.1 Å². The zero-order valence-electron chi connectivity index (χ0n) is 14.1. The van der Waals surface area contributed by atoms with Crippen LogP contribution in [0.25, 0.3) is 0 Å². The lowest BCUT2D eigenvalue weighted by atomic mass is 10.1. The van der Waals surface area contributed by atoms with Crippen LogP contribution in [0.3, 0.4) is 0 Å². The van der Waals surface area contributed by atoms with Gasteiger partial charge in [-0.05, 0) is 62.7 Å². The highest BCUT2D eigenvalue weighted by molar-refractivity contribution is 6.05. The molecule has 1 N–H and O–H groups in total. The summed E-state index contributed by atoms with van der Waals surface area (Å²) in [5, 5.41) is 2.79. The molecule has 0 aliphatic heterocycles. The van der Waals surface area contributed by atoms with E-state index in [0.29, 0.717) is 30.0 Å². The molecule has 0 fully saturated rings. The quantitative estimate of drug-likeness (QED) is 0.819. The van der Waals surface area contributed by atoms with Crippen LogP contribution in [0.4, 0.5) is 5.69 Å². The van der Waals surface area contributed by atoms with Crippen LogP contribution in [-0.4, -0.2) is 25.1 Å². The summed E-state index contributed by atoms with van der Waals surface area (Å²) in [6.45, 7) is 6.44. The third kappa shape index (κ3) is 4.35. The molecule has 0 spiro atoms. The van der Waals surface area contributed by atoms with Gasteiger partial charge in [0.05, 0.1) is 18.8 Å². The van der Waals surface area contributed by atoms with Gasteiger partial charge in [-0.1, -0.05) is 6.07 Å². The lowest BCUT2D eigenvalue weighted by molar-refractivity contribution is 0.0526. The maximum atomic E-state index is 12.4. The van der Waals surface area contributed by atoms with Gasteiger partial charge in [0.15, 0.2) is 0 Å². The molecule has 2 aromatic carbocycles. The molecule has 0 saturated heterocycles. The molecule has 5 nitrogen and oxygen atoms in total. The SMILES string of the molecule is CCOC(=O)c1cccc(NC(=O)c2ccc(OCC)c(C)c2)c1. The van der Waals surface area contributed by atoms with Crippen molar-refractivity contribution in [1.82, 2.24) is 0 Å². The standard InChI is InChI=1S/C19H21NO4/c1-4-23-17-10-9-14(11-13(17)3)18(21)20-16-8-6-7-15(12-16)19(22)24-5-2/h6-12H,4-5H2,1-3H3,(H,20,21). The molecular formula is C19H21NO4. The average molecular weight is 327 g/mol. The molecule has 0 radical (unpaired) electrons. The van der Waals surface area contributed by atoms with Gasteiger partial charge >= 0.3 is 5.97 Å². The van der Waals surface area contributed by atoms with E-state index in [1.807, 2.05) is 13.8 Å². The first-order valence-electron chi connectivity index (χ1n) is 7.87. The normalized spacial score (nSPS) is 10.1. The summed E-state index contributed by atoms with van der Waals surface area (Å²) in [6, 6.07) is 11.9. The van der Waals surface area contributed by atoms with Gasteiger partial charge < -0.3 is 14.8 Å². The van der Waals surface area contributed by atoms with Crippen LogP contribution in [0.2, 0.25) is 0 Å². The molecule has 2 aromatic rings. The van der Waals surface area contributed by atoms with Crippen molar-refractivity contribution in [2.45, 2.75) is 20.8 Å². The predicted molar refractivity (Wildman–Crippen MR) is 92.7 cm³/mol. The number of esters is 1. The Balaban J connectivity index is 2.13. The zero-order valence-corrected chi connectivity index (χ0v) is 14.1. The number of anilines is 1. The lowest BCUT2D eigenvalue weighted by Gasteiger charge is -2.10. The van der Waals surface area contributed by atoms with Crippen LogP contribution in [0.5, 0.6) is 5.75 Å². The average Bonchev–Trinajstić information content (AvgIpc) is 2.57. The molecule has 24 heavy (non-hydrogen) atoms. The summed E-state index contributed by atoms with van der Waals surface area (Å²) in [6.07, 6.45) is 0. The predicted octanol–water partition coefficient (Wildman–Crippen LogP) is 3.82. The summed E-state index contributed by atoms with van der Waals surface area (Å²) >= 11 is 0. The van der Waals surface area contributed by atoms with Crippen LogP contribution in [0, 0.1) is 6.92 Å². The first-order valence-corrected chi connectivity index (χ1v) is 7.87. The number of rotatable bonds is 6. The summed E-state index contributed by atoms with van der Waals surface area (Å²) in [5.74, 6) is 0.103. The number of hydrogen-bond acceptors (Lipinski definition) is 4. The first-order chi connectivity index (χ1) is 11.5. The van der Waals surface area contributed by atoms with E-state index < -0.39 is 5.97 Å². The van der Waals surface area contributed by atoms with Crippen molar-refractivity contribution in [3.8, 4) is 5.75 Å². The van der Waals surface area contributed by atoms with Gasteiger partial charge in [-0.25, -0.2) is 4.79 Å². The Hall–Kier alpha value is -2.82. The molecule has 1 amide bonds. The molecule has 2 rings (SSSR count). The Morgan fingerprint density at radius 1 is 1.00 bits per heavy atom. The molecule has 5 heteroatoms. The van der Waals surface area contributed by atoms with Gasteiger partial charge in [0, 0.05) is 11.3 Å².